The average Bonchev–Trinajstić information content (AvgIpc) is 2.42. The summed E-state index contributed by atoms with van der Waals surface area (Å²) in [5.74, 6) is 0.752. The standard InChI is InChI=1S/C17H27NO/c1-3-7-15-10-11-16(19)12-17(15)18(2)13-14-8-5-4-6-9-14/h4-6,8-9,15-17,19H,3,7,10-13H2,1-2H3. The minimum Gasteiger partial charge on any atom is -0.393 e. The van der Waals surface area contributed by atoms with Crippen LogP contribution in [-0.4, -0.2) is 29.2 Å². The van der Waals surface area contributed by atoms with Gasteiger partial charge < -0.3 is 5.11 Å². The molecule has 0 aliphatic heterocycles. The van der Waals surface area contributed by atoms with Crippen molar-refractivity contribution < 1.29 is 5.11 Å². The van der Waals surface area contributed by atoms with Crippen molar-refractivity contribution in [3.05, 3.63) is 35.9 Å². The van der Waals surface area contributed by atoms with Gasteiger partial charge in [-0.25, -0.2) is 0 Å². The molecule has 0 bridgehead atoms. The van der Waals surface area contributed by atoms with E-state index in [4.69, 9.17) is 0 Å². The van der Waals surface area contributed by atoms with Crippen LogP contribution in [0.15, 0.2) is 30.3 Å². The number of hydrogen-bond acceptors (Lipinski definition) is 2. The fourth-order valence-electron chi connectivity index (χ4n) is 3.42. The van der Waals surface area contributed by atoms with Crippen molar-refractivity contribution in [3.63, 3.8) is 0 Å². The van der Waals surface area contributed by atoms with Gasteiger partial charge in [0.2, 0.25) is 0 Å². The number of hydrogen-bond donors (Lipinski definition) is 1. The molecule has 1 N–H and O–H groups in total. The van der Waals surface area contributed by atoms with Crippen molar-refractivity contribution in [3.8, 4) is 0 Å². The van der Waals surface area contributed by atoms with Crippen molar-refractivity contribution in [2.24, 2.45) is 5.92 Å². The molecule has 0 heterocycles. The minimum absolute atomic E-state index is 0.101. The number of benzene rings is 1. The molecule has 1 aliphatic carbocycles. The molecular formula is C17H27NO. The van der Waals surface area contributed by atoms with Gasteiger partial charge in [-0.05, 0) is 44.2 Å². The van der Waals surface area contributed by atoms with Crippen LogP contribution in [0.5, 0.6) is 0 Å². The highest BCUT2D eigenvalue weighted by Crippen LogP contribution is 2.32. The van der Waals surface area contributed by atoms with E-state index < -0.39 is 0 Å². The lowest BCUT2D eigenvalue weighted by Crippen LogP contribution is -2.43. The Morgan fingerprint density at radius 1 is 1.21 bits per heavy atom. The van der Waals surface area contributed by atoms with E-state index in [1.54, 1.807) is 0 Å². The molecule has 0 saturated heterocycles. The van der Waals surface area contributed by atoms with Gasteiger partial charge in [-0.1, -0.05) is 43.7 Å². The van der Waals surface area contributed by atoms with Crippen LogP contribution in [0.25, 0.3) is 0 Å². The van der Waals surface area contributed by atoms with Gasteiger partial charge in [-0.3, -0.25) is 4.90 Å². The summed E-state index contributed by atoms with van der Waals surface area (Å²) in [6, 6.07) is 11.2. The van der Waals surface area contributed by atoms with E-state index in [2.05, 4.69) is 49.2 Å². The first-order valence-electron chi connectivity index (χ1n) is 7.63. The van der Waals surface area contributed by atoms with Crippen LogP contribution in [0.3, 0.4) is 0 Å². The highest BCUT2D eigenvalue weighted by atomic mass is 16.3. The summed E-state index contributed by atoms with van der Waals surface area (Å²) in [5, 5.41) is 9.95. The lowest BCUT2D eigenvalue weighted by molar-refractivity contribution is 0.0317. The second-order valence-corrected chi connectivity index (χ2v) is 5.98. The Bertz CT molecular complexity index is 365. The van der Waals surface area contributed by atoms with Crippen LogP contribution in [-0.2, 0) is 6.54 Å². The molecule has 1 saturated carbocycles. The number of aliphatic hydroxyl groups excluding tert-OH is 1. The summed E-state index contributed by atoms with van der Waals surface area (Å²) in [5.41, 5.74) is 1.36. The van der Waals surface area contributed by atoms with E-state index in [9.17, 15) is 5.11 Å². The first-order chi connectivity index (χ1) is 9.20. The number of aliphatic hydroxyl groups is 1. The van der Waals surface area contributed by atoms with Crippen molar-refractivity contribution >= 4 is 0 Å². The summed E-state index contributed by atoms with van der Waals surface area (Å²) < 4.78 is 0. The zero-order valence-electron chi connectivity index (χ0n) is 12.3. The third-order valence-corrected chi connectivity index (χ3v) is 4.43. The average molecular weight is 261 g/mol. The molecule has 3 unspecified atom stereocenters. The fraction of sp³-hybridized carbons (Fsp3) is 0.647. The molecule has 1 fully saturated rings. The topological polar surface area (TPSA) is 23.5 Å². The first-order valence-corrected chi connectivity index (χ1v) is 7.63. The third-order valence-electron chi connectivity index (χ3n) is 4.43. The molecule has 2 heteroatoms. The largest absolute Gasteiger partial charge is 0.393 e. The van der Waals surface area contributed by atoms with E-state index >= 15 is 0 Å². The quantitative estimate of drug-likeness (QED) is 0.877. The molecule has 0 aromatic heterocycles. The molecule has 0 amide bonds. The highest BCUT2D eigenvalue weighted by Gasteiger charge is 2.31. The van der Waals surface area contributed by atoms with Crippen LogP contribution < -0.4 is 0 Å². The molecule has 1 aliphatic rings. The van der Waals surface area contributed by atoms with Crippen molar-refractivity contribution in [1.29, 1.82) is 0 Å². The van der Waals surface area contributed by atoms with E-state index in [1.165, 1.54) is 24.8 Å². The molecular weight excluding hydrogens is 234 g/mol. The monoisotopic (exact) mass is 261 g/mol. The molecule has 2 nitrogen and oxygen atoms in total. The number of nitrogens with zero attached hydrogens (tertiary/aromatic N) is 1. The zero-order valence-corrected chi connectivity index (χ0v) is 12.3. The summed E-state index contributed by atoms with van der Waals surface area (Å²) in [4.78, 5) is 2.44. The predicted molar refractivity (Wildman–Crippen MR) is 80.0 cm³/mol. The van der Waals surface area contributed by atoms with Crippen LogP contribution in [0, 0.1) is 5.92 Å². The Morgan fingerprint density at radius 2 is 1.95 bits per heavy atom. The molecule has 2 rings (SSSR count). The van der Waals surface area contributed by atoms with Crippen LogP contribution in [0.1, 0.15) is 44.6 Å². The Balaban J connectivity index is 1.99. The SMILES string of the molecule is CCCC1CCC(O)CC1N(C)Cc1ccccc1. The third kappa shape index (κ3) is 4.05. The van der Waals surface area contributed by atoms with Gasteiger partial charge in [0.15, 0.2) is 0 Å². The molecule has 3 atom stereocenters. The first kappa shape index (κ1) is 14.5. The summed E-state index contributed by atoms with van der Waals surface area (Å²) in [6.45, 7) is 3.25. The van der Waals surface area contributed by atoms with Gasteiger partial charge in [0.1, 0.15) is 0 Å². The maximum atomic E-state index is 9.95. The second kappa shape index (κ2) is 7.06. The minimum atomic E-state index is -0.101. The Morgan fingerprint density at radius 3 is 2.63 bits per heavy atom. The lowest BCUT2D eigenvalue weighted by atomic mass is 9.79. The summed E-state index contributed by atoms with van der Waals surface area (Å²) in [6.07, 6.45) is 5.54. The predicted octanol–water partition coefficient (Wildman–Crippen LogP) is 3.45. The molecule has 1 aromatic carbocycles. The fourth-order valence-corrected chi connectivity index (χ4v) is 3.42. The van der Waals surface area contributed by atoms with Gasteiger partial charge in [0.25, 0.3) is 0 Å². The van der Waals surface area contributed by atoms with E-state index in [-0.39, 0.29) is 6.10 Å². The van der Waals surface area contributed by atoms with Gasteiger partial charge >= 0.3 is 0 Å². The molecule has 0 radical (unpaired) electrons. The molecule has 1 aromatic rings. The second-order valence-electron chi connectivity index (χ2n) is 5.98. The van der Waals surface area contributed by atoms with Crippen molar-refractivity contribution in [2.45, 2.75) is 57.7 Å². The van der Waals surface area contributed by atoms with Crippen LogP contribution >= 0.6 is 0 Å². The smallest absolute Gasteiger partial charge is 0.0555 e. The molecule has 0 spiro atoms. The van der Waals surface area contributed by atoms with Gasteiger partial charge in [0.05, 0.1) is 6.10 Å². The van der Waals surface area contributed by atoms with Gasteiger partial charge in [0, 0.05) is 12.6 Å². The maximum absolute atomic E-state index is 9.95. The van der Waals surface area contributed by atoms with E-state index in [0.29, 0.717) is 6.04 Å². The summed E-state index contributed by atoms with van der Waals surface area (Å²) in [7, 11) is 2.21. The van der Waals surface area contributed by atoms with Crippen LogP contribution in [0.2, 0.25) is 0 Å². The van der Waals surface area contributed by atoms with E-state index in [0.717, 1.165) is 25.3 Å². The van der Waals surface area contributed by atoms with Gasteiger partial charge in [-0.15, -0.1) is 0 Å². The Labute approximate surface area is 117 Å². The number of rotatable bonds is 5. The summed E-state index contributed by atoms with van der Waals surface area (Å²) >= 11 is 0. The normalized spacial score (nSPS) is 27.7. The highest BCUT2D eigenvalue weighted by molar-refractivity contribution is 5.14. The van der Waals surface area contributed by atoms with Crippen LogP contribution in [0.4, 0.5) is 0 Å². The zero-order chi connectivity index (χ0) is 13.7. The lowest BCUT2D eigenvalue weighted by Gasteiger charge is -2.40. The van der Waals surface area contributed by atoms with Gasteiger partial charge in [-0.2, -0.15) is 0 Å². The van der Waals surface area contributed by atoms with Crippen molar-refractivity contribution in [1.82, 2.24) is 4.90 Å². The maximum Gasteiger partial charge on any atom is 0.0555 e. The Hall–Kier alpha value is -0.860. The Kier molecular flexibility index (Phi) is 5.41. The molecule has 19 heavy (non-hydrogen) atoms. The molecule has 106 valence electrons. The van der Waals surface area contributed by atoms with E-state index in [1.807, 2.05) is 0 Å². The van der Waals surface area contributed by atoms with Crippen molar-refractivity contribution in [2.75, 3.05) is 7.05 Å².